The maximum absolute atomic E-state index is 6.20. The third kappa shape index (κ3) is 3.94. The van der Waals surface area contributed by atoms with E-state index >= 15 is 0 Å². The Labute approximate surface area is 187 Å². The van der Waals surface area contributed by atoms with Gasteiger partial charge in [-0.1, -0.05) is 12.1 Å². The van der Waals surface area contributed by atoms with Crippen LogP contribution < -0.4 is 16.4 Å². The van der Waals surface area contributed by atoms with E-state index in [0.29, 0.717) is 12.4 Å². The lowest BCUT2D eigenvalue weighted by Crippen LogP contribution is -2.30. The third-order valence-corrected chi connectivity index (χ3v) is 5.68. The molecular weight excluding hydrogens is 410 g/mol. The van der Waals surface area contributed by atoms with Crippen LogP contribution in [0.15, 0.2) is 54.7 Å². The van der Waals surface area contributed by atoms with Crippen molar-refractivity contribution in [3.8, 4) is 17.1 Å². The molecule has 0 spiro atoms. The number of nitrogens with two attached hydrogens (primary N) is 2. The maximum Gasteiger partial charge on any atom is 0.167 e. The van der Waals surface area contributed by atoms with Gasteiger partial charge in [-0.3, -0.25) is 4.57 Å². The number of nitrogen functional groups attached to an aromatic ring is 1. The minimum Gasteiger partial charge on any atom is -0.383 e. The van der Waals surface area contributed by atoms with E-state index in [0.717, 1.165) is 52.7 Å². The molecule has 31 heavy (non-hydrogen) atoms. The zero-order valence-electron chi connectivity index (χ0n) is 17.2. The first-order valence-corrected chi connectivity index (χ1v) is 10.4. The van der Waals surface area contributed by atoms with Gasteiger partial charge >= 0.3 is 0 Å². The summed E-state index contributed by atoms with van der Waals surface area (Å²) in [4.78, 5) is 16.5. The summed E-state index contributed by atoms with van der Waals surface area (Å²) in [6.07, 6.45) is 5.39. The molecular formula is C23H26ClN7. The molecule has 0 saturated carbocycles. The minimum absolute atomic E-state index is 0. The Balaban J connectivity index is 0.00000231. The zero-order valence-corrected chi connectivity index (χ0v) is 18.1. The first-order valence-electron chi connectivity index (χ1n) is 10.4. The van der Waals surface area contributed by atoms with Gasteiger partial charge in [0.15, 0.2) is 11.5 Å². The van der Waals surface area contributed by atoms with Crippen molar-refractivity contribution in [3.05, 3.63) is 60.3 Å². The number of piperidine rings is 1. The second kappa shape index (κ2) is 8.91. The quantitative estimate of drug-likeness (QED) is 0.503. The Morgan fingerprint density at radius 1 is 0.903 bits per heavy atom. The van der Waals surface area contributed by atoms with Gasteiger partial charge in [-0.05, 0) is 61.2 Å². The summed E-state index contributed by atoms with van der Waals surface area (Å²) in [6, 6.07) is 16.1. The van der Waals surface area contributed by atoms with Crippen LogP contribution in [0.1, 0.15) is 24.8 Å². The van der Waals surface area contributed by atoms with Gasteiger partial charge in [0.1, 0.15) is 17.2 Å². The van der Waals surface area contributed by atoms with Crippen LogP contribution in [0, 0.1) is 0 Å². The number of hydrogen-bond acceptors (Lipinski definition) is 6. The summed E-state index contributed by atoms with van der Waals surface area (Å²) >= 11 is 0. The van der Waals surface area contributed by atoms with Crippen LogP contribution in [-0.2, 0) is 6.54 Å². The van der Waals surface area contributed by atoms with Gasteiger partial charge in [0.05, 0.1) is 5.56 Å². The molecule has 3 aromatic heterocycles. The van der Waals surface area contributed by atoms with Crippen LogP contribution in [-0.4, -0.2) is 32.6 Å². The predicted octanol–water partition coefficient (Wildman–Crippen LogP) is 3.94. The van der Waals surface area contributed by atoms with Gasteiger partial charge in [-0.25, -0.2) is 15.0 Å². The number of rotatable bonds is 4. The van der Waals surface area contributed by atoms with Crippen molar-refractivity contribution in [1.82, 2.24) is 19.5 Å². The van der Waals surface area contributed by atoms with E-state index in [-0.39, 0.29) is 12.4 Å². The molecule has 4 N–H and O–H groups in total. The largest absolute Gasteiger partial charge is 0.383 e. The van der Waals surface area contributed by atoms with Crippen LogP contribution in [0.3, 0.4) is 0 Å². The Kier molecular flexibility index (Phi) is 6.06. The SMILES string of the molecule is Cl.NCc1ccc(-n2c(-c3cccnc3N)nc3ccc(N4CCCCC4)nc32)cc1. The van der Waals surface area contributed by atoms with E-state index in [1.807, 2.05) is 30.3 Å². The van der Waals surface area contributed by atoms with Crippen molar-refractivity contribution in [2.45, 2.75) is 25.8 Å². The third-order valence-electron chi connectivity index (χ3n) is 5.68. The normalized spacial score (nSPS) is 13.9. The van der Waals surface area contributed by atoms with Gasteiger partial charge in [0, 0.05) is 31.5 Å². The van der Waals surface area contributed by atoms with E-state index in [9.17, 15) is 0 Å². The summed E-state index contributed by atoms with van der Waals surface area (Å²) in [7, 11) is 0. The molecule has 160 valence electrons. The molecule has 1 saturated heterocycles. The number of hydrogen-bond donors (Lipinski definition) is 2. The van der Waals surface area contributed by atoms with Crippen molar-refractivity contribution in [2.75, 3.05) is 23.7 Å². The molecule has 1 aliphatic heterocycles. The number of pyridine rings is 2. The molecule has 0 atom stereocenters. The molecule has 0 radical (unpaired) electrons. The van der Waals surface area contributed by atoms with Gasteiger partial charge < -0.3 is 16.4 Å². The average Bonchev–Trinajstić information content (AvgIpc) is 3.18. The van der Waals surface area contributed by atoms with Gasteiger partial charge in [0.25, 0.3) is 0 Å². The fraction of sp³-hybridized carbons (Fsp3) is 0.261. The van der Waals surface area contributed by atoms with E-state index < -0.39 is 0 Å². The standard InChI is InChI=1S/C23H25N7.ClH/c24-15-16-6-8-17(9-7-16)30-22(18-5-4-12-26-21(18)25)27-19-10-11-20(28-23(19)30)29-13-2-1-3-14-29;/h4-12H,1-3,13-15,24H2,(H2,25,26);1H. The number of aromatic nitrogens is 4. The monoisotopic (exact) mass is 435 g/mol. The fourth-order valence-corrected chi connectivity index (χ4v) is 4.06. The van der Waals surface area contributed by atoms with Crippen LogP contribution in [0.25, 0.3) is 28.2 Å². The van der Waals surface area contributed by atoms with E-state index in [2.05, 4.69) is 32.7 Å². The molecule has 4 aromatic rings. The summed E-state index contributed by atoms with van der Waals surface area (Å²) in [6.45, 7) is 2.59. The Morgan fingerprint density at radius 3 is 2.39 bits per heavy atom. The number of anilines is 2. The molecule has 1 fully saturated rings. The second-order valence-corrected chi connectivity index (χ2v) is 7.64. The van der Waals surface area contributed by atoms with E-state index in [4.69, 9.17) is 21.4 Å². The van der Waals surface area contributed by atoms with Crippen molar-refractivity contribution in [1.29, 1.82) is 0 Å². The molecule has 0 unspecified atom stereocenters. The number of imidazole rings is 1. The molecule has 1 aromatic carbocycles. The lowest BCUT2D eigenvalue weighted by molar-refractivity contribution is 0.574. The van der Waals surface area contributed by atoms with Crippen molar-refractivity contribution >= 4 is 35.2 Å². The predicted molar refractivity (Wildman–Crippen MR) is 128 cm³/mol. The van der Waals surface area contributed by atoms with Crippen LogP contribution >= 0.6 is 12.4 Å². The lowest BCUT2D eigenvalue weighted by Gasteiger charge is -2.27. The Hall–Kier alpha value is -3.16. The van der Waals surface area contributed by atoms with Gasteiger partial charge in [-0.15, -0.1) is 12.4 Å². The van der Waals surface area contributed by atoms with Crippen LogP contribution in [0.4, 0.5) is 11.6 Å². The molecule has 7 nitrogen and oxygen atoms in total. The van der Waals surface area contributed by atoms with Crippen LogP contribution in [0.5, 0.6) is 0 Å². The molecule has 4 heterocycles. The smallest absolute Gasteiger partial charge is 0.167 e. The number of halogens is 1. The number of benzene rings is 1. The van der Waals surface area contributed by atoms with Crippen LogP contribution in [0.2, 0.25) is 0 Å². The molecule has 0 aliphatic carbocycles. The van der Waals surface area contributed by atoms with E-state index in [1.54, 1.807) is 6.20 Å². The lowest BCUT2D eigenvalue weighted by atomic mass is 10.1. The highest BCUT2D eigenvalue weighted by Gasteiger charge is 2.20. The summed E-state index contributed by atoms with van der Waals surface area (Å²) in [5.74, 6) is 2.18. The van der Waals surface area contributed by atoms with Gasteiger partial charge in [0.2, 0.25) is 0 Å². The fourth-order valence-electron chi connectivity index (χ4n) is 4.06. The maximum atomic E-state index is 6.20. The summed E-state index contributed by atoms with van der Waals surface area (Å²) in [5, 5.41) is 0. The van der Waals surface area contributed by atoms with Crippen molar-refractivity contribution in [2.24, 2.45) is 5.73 Å². The highest BCUT2D eigenvalue weighted by molar-refractivity contribution is 5.85. The molecule has 5 rings (SSSR count). The topological polar surface area (TPSA) is 98.9 Å². The molecule has 0 bridgehead atoms. The second-order valence-electron chi connectivity index (χ2n) is 7.64. The summed E-state index contributed by atoms with van der Waals surface area (Å²) in [5.41, 5.74) is 16.5. The highest BCUT2D eigenvalue weighted by atomic mass is 35.5. The number of nitrogens with zero attached hydrogens (tertiary/aromatic N) is 5. The van der Waals surface area contributed by atoms with E-state index in [1.165, 1.54) is 19.3 Å². The Bertz CT molecular complexity index is 1180. The first-order chi connectivity index (χ1) is 14.7. The average molecular weight is 436 g/mol. The minimum atomic E-state index is 0. The number of fused-ring (bicyclic) bond motifs is 1. The zero-order chi connectivity index (χ0) is 20.5. The molecule has 1 aliphatic rings. The molecule has 0 amide bonds. The Morgan fingerprint density at radius 2 is 1.68 bits per heavy atom. The van der Waals surface area contributed by atoms with Gasteiger partial charge in [-0.2, -0.15) is 0 Å². The van der Waals surface area contributed by atoms with Crippen molar-refractivity contribution in [3.63, 3.8) is 0 Å². The highest BCUT2D eigenvalue weighted by Crippen LogP contribution is 2.31. The summed E-state index contributed by atoms with van der Waals surface area (Å²) < 4.78 is 2.07. The first kappa shape index (κ1) is 21.1. The van der Waals surface area contributed by atoms with Crippen molar-refractivity contribution < 1.29 is 0 Å². The molecule has 8 heteroatoms.